The molecule has 0 bridgehead atoms. The van der Waals surface area contributed by atoms with Crippen LogP contribution >= 0.6 is 0 Å². The monoisotopic (exact) mass is 267 g/mol. The van der Waals surface area contributed by atoms with Crippen molar-refractivity contribution in [2.75, 3.05) is 5.73 Å². The molecule has 2 heterocycles. The summed E-state index contributed by atoms with van der Waals surface area (Å²) < 4.78 is 28.0. The fourth-order valence-electron chi connectivity index (χ4n) is 1.45. The minimum Gasteiger partial charge on any atom is -0.383 e. The van der Waals surface area contributed by atoms with Crippen LogP contribution in [0, 0.1) is 0 Å². The molecule has 18 heavy (non-hydrogen) atoms. The molecule has 0 amide bonds. The van der Waals surface area contributed by atoms with Crippen LogP contribution in [0.1, 0.15) is 5.69 Å². The van der Waals surface area contributed by atoms with E-state index in [2.05, 4.69) is 14.8 Å². The summed E-state index contributed by atoms with van der Waals surface area (Å²) in [6, 6.07) is 4.66. The van der Waals surface area contributed by atoms with E-state index in [0.29, 0.717) is 0 Å². The second-order valence-corrected chi connectivity index (χ2v) is 5.39. The highest BCUT2D eigenvalue weighted by Crippen LogP contribution is 2.14. The quantitative estimate of drug-likeness (QED) is 0.803. The van der Waals surface area contributed by atoms with Gasteiger partial charge in [-0.05, 0) is 18.2 Å². The van der Waals surface area contributed by atoms with Crippen molar-refractivity contribution in [1.82, 2.24) is 19.5 Å². The minimum atomic E-state index is -3.66. The largest absolute Gasteiger partial charge is 0.383 e. The Morgan fingerprint density at radius 3 is 2.78 bits per heavy atom. The Labute approximate surface area is 105 Å². The molecule has 7 nitrogen and oxygen atoms in total. The van der Waals surface area contributed by atoms with Crippen LogP contribution in [-0.2, 0) is 23.6 Å². The topological polar surface area (TPSA) is 103 Å². The molecule has 0 aliphatic carbocycles. The molecule has 96 valence electrons. The Morgan fingerprint density at radius 1 is 1.39 bits per heavy atom. The Balaban J connectivity index is 2.19. The van der Waals surface area contributed by atoms with Gasteiger partial charge in [-0.15, -0.1) is 0 Å². The first-order chi connectivity index (χ1) is 8.50. The van der Waals surface area contributed by atoms with Crippen LogP contribution < -0.4 is 10.5 Å². The molecule has 0 fully saturated rings. The number of nitrogens with zero attached hydrogens (tertiary/aromatic N) is 3. The molecule has 0 aliphatic rings. The first-order valence-electron chi connectivity index (χ1n) is 5.18. The van der Waals surface area contributed by atoms with E-state index < -0.39 is 10.0 Å². The summed E-state index contributed by atoms with van der Waals surface area (Å²) in [5.41, 5.74) is 6.29. The van der Waals surface area contributed by atoms with Crippen LogP contribution in [0.3, 0.4) is 0 Å². The van der Waals surface area contributed by atoms with Crippen LogP contribution in [0.2, 0.25) is 0 Å². The highest BCUT2D eigenvalue weighted by Gasteiger charge is 2.17. The summed E-state index contributed by atoms with van der Waals surface area (Å²) in [6.45, 7) is 0.146. The number of aryl methyl sites for hydroxylation is 1. The van der Waals surface area contributed by atoms with E-state index in [1.807, 2.05) is 0 Å². The lowest BCUT2D eigenvalue weighted by atomic mass is 10.4. The summed E-state index contributed by atoms with van der Waals surface area (Å²) >= 11 is 0. The maximum absolute atomic E-state index is 12.0. The van der Waals surface area contributed by atoms with E-state index in [9.17, 15) is 8.42 Å². The van der Waals surface area contributed by atoms with E-state index in [0.717, 1.165) is 5.69 Å². The SMILES string of the molecule is Cn1nccc1CNS(=O)(=O)c1cccnc1N. The molecular formula is C10H13N5O2S. The number of hydrogen-bond acceptors (Lipinski definition) is 5. The van der Waals surface area contributed by atoms with Gasteiger partial charge in [-0.2, -0.15) is 5.10 Å². The zero-order valence-corrected chi connectivity index (χ0v) is 10.6. The van der Waals surface area contributed by atoms with Gasteiger partial charge in [-0.1, -0.05) is 0 Å². The number of pyridine rings is 1. The molecule has 0 spiro atoms. The fraction of sp³-hybridized carbons (Fsp3) is 0.200. The number of anilines is 1. The second kappa shape index (κ2) is 4.75. The molecular weight excluding hydrogens is 254 g/mol. The Bertz CT molecular complexity index is 650. The van der Waals surface area contributed by atoms with Gasteiger partial charge >= 0.3 is 0 Å². The van der Waals surface area contributed by atoms with Gasteiger partial charge in [-0.25, -0.2) is 18.1 Å². The van der Waals surface area contributed by atoms with E-state index >= 15 is 0 Å². The van der Waals surface area contributed by atoms with Crippen molar-refractivity contribution in [1.29, 1.82) is 0 Å². The van der Waals surface area contributed by atoms with Crippen LogP contribution in [0.5, 0.6) is 0 Å². The maximum Gasteiger partial charge on any atom is 0.244 e. The molecule has 2 aromatic heterocycles. The lowest BCUT2D eigenvalue weighted by molar-refractivity contribution is 0.577. The van der Waals surface area contributed by atoms with Gasteiger partial charge in [0.15, 0.2) is 0 Å². The van der Waals surface area contributed by atoms with Crippen molar-refractivity contribution in [3.8, 4) is 0 Å². The third-order valence-corrected chi connectivity index (χ3v) is 3.90. The summed E-state index contributed by atoms with van der Waals surface area (Å²) in [4.78, 5) is 3.73. The molecule has 2 aromatic rings. The zero-order chi connectivity index (χ0) is 13.2. The Kier molecular flexibility index (Phi) is 3.30. The predicted octanol–water partition coefficient (Wildman–Crippen LogP) is -0.124. The molecule has 0 aromatic carbocycles. The normalized spacial score (nSPS) is 11.6. The molecule has 0 aliphatic heterocycles. The number of nitrogens with one attached hydrogen (secondary N) is 1. The highest BCUT2D eigenvalue weighted by atomic mass is 32.2. The summed E-state index contributed by atoms with van der Waals surface area (Å²) in [5.74, 6) is -0.0185. The third-order valence-electron chi connectivity index (χ3n) is 2.46. The molecule has 0 saturated carbocycles. The highest BCUT2D eigenvalue weighted by molar-refractivity contribution is 7.89. The van der Waals surface area contributed by atoms with Crippen LogP contribution in [0.4, 0.5) is 5.82 Å². The van der Waals surface area contributed by atoms with Crippen molar-refractivity contribution in [2.24, 2.45) is 7.05 Å². The van der Waals surface area contributed by atoms with Gasteiger partial charge in [-0.3, -0.25) is 4.68 Å². The molecule has 0 unspecified atom stereocenters. The summed E-state index contributed by atoms with van der Waals surface area (Å²) in [5, 5.41) is 3.95. The van der Waals surface area contributed by atoms with Crippen LogP contribution in [-0.4, -0.2) is 23.2 Å². The maximum atomic E-state index is 12.0. The second-order valence-electron chi connectivity index (χ2n) is 3.66. The number of nitrogens with two attached hydrogens (primary N) is 1. The van der Waals surface area contributed by atoms with Crippen molar-refractivity contribution in [3.63, 3.8) is 0 Å². The molecule has 2 rings (SSSR count). The Hall–Kier alpha value is -1.93. The van der Waals surface area contributed by atoms with Crippen molar-refractivity contribution >= 4 is 15.8 Å². The first kappa shape index (κ1) is 12.5. The average Bonchev–Trinajstić information content (AvgIpc) is 2.73. The standard InChI is InChI=1S/C10H13N5O2S/c1-15-8(4-6-13-15)7-14-18(16,17)9-3-2-5-12-10(9)11/h2-6,14H,7H2,1H3,(H2,11,12). The lowest BCUT2D eigenvalue weighted by Gasteiger charge is -2.08. The van der Waals surface area contributed by atoms with Gasteiger partial charge < -0.3 is 5.73 Å². The minimum absolute atomic E-state index is 0.0185. The predicted molar refractivity (Wildman–Crippen MR) is 65.9 cm³/mol. The number of aromatic nitrogens is 3. The zero-order valence-electron chi connectivity index (χ0n) is 9.74. The average molecular weight is 267 g/mol. The van der Waals surface area contributed by atoms with E-state index in [1.165, 1.54) is 18.3 Å². The molecule has 8 heteroatoms. The number of rotatable bonds is 4. The molecule has 3 N–H and O–H groups in total. The van der Waals surface area contributed by atoms with Gasteiger partial charge in [0, 0.05) is 19.4 Å². The molecule has 0 saturated heterocycles. The van der Waals surface area contributed by atoms with Crippen LogP contribution in [0.25, 0.3) is 0 Å². The van der Waals surface area contributed by atoms with E-state index in [4.69, 9.17) is 5.73 Å². The van der Waals surface area contributed by atoms with Crippen LogP contribution in [0.15, 0.2) is 35.5 Å². The van der Waals surface area contributed by atoms with E-state index in [1.54, 1.807) is 24.0 Å². The first-order valence-corrected chi connectivity index (χ1v) is 6.66. The van der Waals surface area contributed by atoms with Gasteiger partial charge in [0.2, 0.25) is 10.0 Å². The number of sulfonamides is 1. The van der Waals surface area contributed by atoms with Crippen molar-refractivity contribution in [3.05, 3.63) is 36.3 Å². The smallest absolute Gasteiger partial charge is 0.244 e. The van der Waals surface area contributed by atoms with Gasteiger partial charge in [0.05, 0.1) is 12.2 Å². The van der Waals surface area contributed by atoms with Gasteiger partial charge in [0.25, 0.3) is 0 Å². The van der Waals surface area contributed by atoms with E-state index in [-0.39, 0.29) is 17.3 Å². The molecule has 0 radical (unpaired) electrons. The lowest BCUT2D eigenvalue weighted by Crippen LogP contribution is -2.25. The van der Waals surface area contributed by atoms with Gasteiger partial charge in [0.1, 0.15) is 10.7 Å². The van der Waals surface area contributed by atoms with Crippen molar-refractivity contribution < 1.29 is 8.42 Å². The summed E-state index contributed by atoms with van der Waals surface area (Å²) in [6.07, 6.45) is 3.04. The Morgan fingerprint density at radius 2 is 2.17 bits per heavy atom. The number of hydrogen-bond donors (Lipinski definition) is 2. The summed E-state index contributed by atoms with van der Waals surface area (Å²) in [7, 11) is -1.92. The third kappa shape index (κ3) is 2.49. The van der Waals surface area contributed by atoms with Crippen molar-refractivity contribution in [2.45, 2.75) is 11.4 Å². The fourth-order valence-corrected chi connectivity index (χ4v) is 2.53. The number of nitrogen functional groups attached to an aromatic ring is 1. The molecule has 0 atom stereocenters.